The summed E-state index contributed by atoms with van der Waals surface area (Å²) in [6, 6.07) is 5.71. The maximum absolute atomic E-state index is 12.7. The summed E-state index contributed by atoms with van der Waals surface area (Å²) in [7, 11) is 0. The molecule has 5 atom stereocenters. The molecular weight excluding hydrogens is 448 g/mol. The van der Waals surface area contributed by atoms with Crippen molar-refractivity contribution in [1.29, 1.82) is 0 Å². The fourth-order valence-electron chi connectivity index (χ4n) is 3.59. The van der Waals surface area contributed by atoms with Crippen LogP contribution in [0.4, 0.5) is 0 Å². The minimum Gasteiger partial charge on any atom is -0.479 e. The number of aliphatic hydroxyl groups excluding tert-OH is 3. The lowest BCUT2D eigenvalue weighted by Crippen LogP contribution is -2.60. The Hall–Kier alpha value is -2.53. The molecule has 2 rings (SSSR count). The predicted octanol–water partition coefficient (Wildman–Crippen LogP) is 1.89. The molecular formula is C24H34O10. The summed E-state index contributed by atoms with van der Waals surface area (Å²) >= 11 is 0. The van der Waals surface area contributed by atoms with Crippen molar-refractivity contribution in [2.45, 2.75) is 83.1 Å². The highest BCUT2D eigenvalue weighted by atomic mass is 16.7. The zero-order valence-corrected chi connectivity index (χ0v) is 19.5. The molecule has 0 spiro atoms. The molecule has 10 nitrogen and oxygen atoms in total. The first-order chi connectivity index (χ1) is 16.1. The van der Waals surface area contributed by atoms with Crippen molar-refractivity contribution >= 4 is 17.9 Å². The molecule has 34 heavy (non-hydrogen) atoms. The summed E-state index contributed by atoms with van der Waals surface area (Å²) < 4.78 is 15.2. The van der Waals surface area contributed by atoms with Crippen molar-refractivity contribution in [3.63, 3.8) is 0 Å². The number of esters is 2. The van der Waals surface area contributed by atoms with E-state index in [0.29, 0.717) is 12.3 Å². The number of carboxylic acids is 1. The fraction of sp³-hybridized carbons (Fsp3) is 0.625. The highest BCUT2D eigenvalue weighted by Gasteiger charge is 2.48. The molecule has 0 unspecified atom stereocenters. The van der Waals surface area contributed by atoms with E-state index in [0.717, 1.165) is 19.3 Å². The molecule has 10 heteroatoms. The van der Waals surface area contributed by atoms with E-state index in [-0.39, 0.29) is 17.7 Å². The average Bonchev–Trinajstić information content (AvgIpc) is 2.80. The normalized spacial score (nSPS) is 24.6. The van der Waals surface area contributed by atoms with Crippen molar-refractivity contribution < 1.29 is 49.0 Å². The summed E-state index contributed by atoms with van der Waals surface area (Å²) in [4.78, 5) is 36.4. The lowest BCUT2D eigenvalue weighted by Gasteiger charge is -2.37. The van der Waals surface area contributed by atoms with Crippen LogP contribution in [0.25, 0.3) is 0 Å². The van der Waals surface area contributed by atoms with Gasteiger partial charge in [-0.05, 0) is 24.5 Å². The minimum absolute atomic E-state index is 0.0647. The molecule has 1 heterocycles. The van der Waals surface area contributed by atoms with Gasteiger partial charge >= 0.3 is 17.9 Å². The maximum Gasteiger partial charge on any atom is 0.341 e. The van der Waals surface area contributed by atoms with E-state index in [2.05, 4.69) is 13.8 Å². The lowest BCUT2D eigenvalue weighted by atomic mass is 9.99. The van der Waals surface area contributed by atoms with Crippen molar-refractivity contribution in [3.05, 3.63) is 35.4 Å². The van der Waals surface area contributed by atoms with Gasteiger partial charge in [0.1, 0.15) is 18.3 Å². The molecule has 0 radical (unpaired) electrons. The molecule has 0 aliphatic carbocycles. The zero-order chi connectivity index (χ0) is 25.3. The van der Waals surface area contributed by atoms with Crippen LogP contribution in [0.15, 0.2) is 24.3 Å². The van der Waals surface area contributed by atoms with Gasteiger partial charge in [-0.15, -0.1) is 0 Å². The Balaban J connectivity index is 1.91. The number of carbonyl (C=O) groups excluding carboxylic acids is 2. The van der Waals surface area contributed by atoms with Crippen LogP contribution in [0.1, 0.15) is 73.1 Å². The first kappa shape index (κ1) is 27.7. The molecule has 1 aromatic carbocycles. The Morgan fingerprint density at radius 1 is 0.882 bits per heavy atom. The van der Waals surface area contributed by atoms with E-state index < -0.39 is 48.6 Å². The van der Waals surface area contributed by atoms with E-state index in [9.17, 15) is 29.7 Å². The van der Waals surface area contributed by atoms with Gasteiger partial charge in [-0.2, -0.15) is 0 Å². The van der Waals surface area contributed by atoms with Gasteiger partial charge in [-0.3, -0.25) is 0 Å². The van der Waals surface area contributed by atoms with Crippen molar-refractivity contribution in [3.8, 4) is 0 Å². The topological polar surface area (TPSA) is 160 Å². The molecule has 1 fully saturated rings. The number of hydrogen-bond acceptors (Lipinski definition) is 9. The van der Waals surface area contributed by atoms with Crippen LogP contribution in [-0.2, 0) is 19.0 Å². The Morgan fingerprint density at radius 2 is 1.47 bits per heavy atom. The number of aliphatic carboxylic acids is 1. The van der Waals surface area contributed by atoms with Crippen LogP contribution in [0.5, 0.6) is 0 Å². The van der Waals surface area contributed by atoms with Crippen LogP contribution in [-0.4, -0.2) is 75.6 Å². The minimum atomic E-state index is -1.92. The number of unbranched alkanes of at least 4 members (excludes halogenated alkanes) is 4. The molecule has 0 saturated carbocycles. The Labute approximate surface area is 198 Å². The van der Waals surface area contributed by atoms with Gasteiger partial charge in [0, 0.05) is 0 Å². The van der Waals surface area contributed by atoms with Crippen LogP contribution in [0.2, 0.25) is 0 Å². The Morgan fingerprint density at radius 3 is 2.09 bits per heavy atom. The van der Waals surface area contributed by atoms with E-state index >= 15 is 0 Å². The SMILES string of the molecule is CC(C)CCCCCCCOC(=O)c1ccccc1C(=O)O[C@@H]1O[C@H](C(=O)O)[C@@H](O)[C@H](O)[C@H]1O. The highest BCUT2D eigenvalue weighted by Crippen LogP contribution is 2.24. The number of aliphatic hydroxyl groups is 3. The molecule has 1 saturated heterocycles. The fourth-order valence-corrected chi connectivity index (χ4v) is 3.59. The van der Waals surface area contributed by atoms with Crippen molar-refractivity contribution in [2.24, 2.45) is 5.92 Å². The number of ether oxygens (including phenoxy) is 3. The van der Waals surface area contributed by atoms with E-state index in [1.807, 2.05) is 0 Å². The number of carboxylic acid groups (broad SMARTS) is 1. The summed E-state index contributed by atoms with van der Waals surface area (Å²) in [6.45, 7) is 4.58. The van der Waals surface area contributed by atoms with Gasteiger partial charge in [-0.1, -0.05) is 58.1 Å². The summed E-state index contributed by atoms with van der Waals surface area (Å²) in [5.74, 6) is -2.73. The molecule has 1 aliphatic heterocycles. The third kappa shape index (κ3) is 7.76. The second-order valence-electron chi connectivity index (χ2n) is 8.77. The van der Waals surface area contributed by atoms with Gasteiger partial charge in [0.15, 0.2) is 6.10 Å². The first-order valence-corrected chi connectivity index (χ1v) is 11.5. The molecule has 190 valence electrons. The summed E-state index contributed by atoms with van der Waals surface area (Å²) in [5, 5.41) is 38.7. The Bertz CT molecular complexity index is 824. The van der Waals surface area contributed by atoms with Gasteiger partial charge < -0.3 is 34.6 Å². The van der Waals surface area contributed by atoms with Crippen LogP contribution < -0.4 is 0 Å². The maximum atomic E-state index is 12.7. The standard InChI is InChI=1S/C24H34O10/c1-14(2)10-6-4-3-5-9-13-32-22(30)15-11-7-8-12-16(15)23(31)34-24-19(27)17(25)18(26)20(33-24)21(28)29/h7-8,11-12,14,17-20,24-27H,3-6,9-10,13H2,1-2H3,(H,28,29)/t17-,18-,19+,20-,24-/m0/s1. The van der Waals surface area contributed by atoms with Crippen LogP contribution in [0, 0.1) is 5.92 Å². The Kier molecular flexibility index (Phi) is 10.9. The van der Waals surface area contributed by atoms with Gasteiger partial charge in [-0.25, -0.2) is 14.4 Å². The molecule has 4 N–H and O–H groups in total. The van der Waals surface area contributed by atoms with E-state index in [4.69, 9.17) is 19.3 Å². The molecule has 0 amide bonds. The van der Waals surface area contributed by atoms with E-state index in [1.165, 1.54) is 37.1 Å². The number of benzene rings is 1. The predicted molar refractivity (Wildman–Crippen MR) is 119 cm³/mol. The van der Waals surface area contributed by atoms with Crippen molar-refractivity contribution in [2.75, 3.05) is 6.61 Å². The monoisotopic (exact) mass is 482 g/mol. The van der Waals surface area contributed by atoms with Gasteiger partial charge in [0.2, 0.25) is 6.29 Å². The third-order valence-corrected chi connectivity index (χ3v) is 5.56. The van der Waals surface area contributed by atoms with Crippen molar-refractivity contribution in [1.82, 2.24) is 0 Å². The zero-order valence-electron chi connectivity index (χ0n) is 19.5. The van der Waals surface area contributed by atoms with Gasteiger partial charge in [0.25, 0.3) is 0 Å². The van der Waals surface area contributed by atoms with Gasteiger partial charge in [0.05, 0.1) is 17.7 Å². The number of rotatable bonds is 12. The van der Waals surface area contributed by atoms with Crippen LogP contribution in [0.3, 0.4) is 0 Å². The number of hydrogen-bond donors (Lipinski definition) is 4. The average molecular weight is 483 g/mol. The molecule has 1 aromatic rings. The number of carbonyl (C=O) groups is 3. The molecule has 1 aliphatic rings. The quantitative estimate of drug-likeness (QED) is 0.256. The second-order valence-corrected chi connectivity index (χ2v) is 8.77. The summed E-state index contributed by atoms with van der Waals surface area (Å²) in [6.07, 6.45) is -3.35. The summed E-state index contributed by atoms with van der Waals surface area (Å²) in [5.41, 5.74) is -0.241. The third-order valence-electron chi connectivity index (χ3n) is 5.56. The van der Waals surface area contributed by atoms with E-state index in [1.54, 1.807) is 0 Å². The molecule has 0 bridgehead atoms. The highest BCUT2D eigenvalue weighted by molar-refractivity contribution is 6.03. The smallest absolute Gasteiger partial charge is 0.341 e. The second kappa shape index (κ2) is 13.4. The van der Waals surface area contributed by atoms with Crippen LogP contribution >= 0.6 is 0 Å². The molecule has 0 aromatic heterocycles. The first-order valence-electron chi connectivity index (χ1n) is 11.5. The lowest BCUT2D eigenvalue weighted by molar-refractivity contribution is -0.278. The largest absolute Gasteiger partial charge is 0.479 e.